The minimum absolute atomic E-state index is 0.105. The second kappa shape index (κ2) is 5.95. The van der Waals surface area contributed by atoms with E-state index in [1.54, 1.807) is 6.26 Å². The van der Waals surface area contributed by atoms with Crippen LogP contribution in [-0.2, 0) is 0 Å². The van der Waals surface area contributed by atoms with Crippen molar-refractivity contribution >= 4 is 0 Å². The first kappa shape index (κ1) is 18.0. The monoisotopic (exact) mass is 370 g/mol. The summed E-state index contributed by atoms with van der Waals surface area (Å²) in [5.41, 5.74) is 0.581. The zero-order valence-electron chi connectivity index (χ0n) is 16.9. The van der Waals surface area contributed by atoms with Gasteiger partial charge in [0, 0.05) is 11.5 Å². The van der Waals surface area contributed by atoms with Crippen LogP contribution in [0, 0.1) is 28.6 Å². The maximum absolute atomic E-state index is 12.2. The largest absolute Gasteiger partial charge is 0.431 e. The highest BCUT2D eigenvalue weighted by Gasteiger charge is 2.67. The molecule has 0 amide bonds. The first-order valence-corrected chi connectivity index (χ1v) is 11.2. The van der Waals surface area contributed by atoms with Gasteiger partial charge in [-0.25, -0.2) is 4.79 Å². The second-order valence-corrected chi connectivity index (χ2v) is 10.6. The fourth-order valence-corrected chi connectivity index (χ4v) is 8.36. The molecule has 27 heavy (non-hydrogen) atoms. The molecule has 3 nitrogen and oxygen atoms in total. The standard InChI is InChI=1S/C24H34O3/c1-22-12-4-3-5-17(22)7-8-20-19(22)10-13-23(2)18(11-14-24(20,23)26)16-6-9-21(25)27-15-16/h6,9,15,17-20,26H,3-5,7-8,10-14H2,1-2H3. The van der Waals surface area contributed by atoms with Crippen molar-refractivity contribution in [3.05, 3.63) is 34.4 Å². The summed E-state index contributed by atoms with van der Waals surface area (Å²) < 4.78 is 5.18. The van der Waals surface area contributed by atoms with E-state index in [-0.39, 0.29) is 11.0 Å². The number of hydrogen-bond donors (Lipinski definition) is 1. The van der Waals surface area contributed by atoms with Crippen molar-refractivity contribution in [2.75, 3.05) is 0 Å². The van der Waals surface area contributed by atoms with Crippen LogP contribution < -0.4 is 5.63 Å². The second-order valence-electron chi connectivity index (χ2n) is 10.6. The van der Waals surface area contributed by atoms with E-state index in [2.05, 4.69) is 13.8 Å². The van der Waals surface area contributed by atoms with Gasteiger partial charge in [0.15, 0.2) is 0 Å². The van der Waals surface area contributed by atoms with Crippen LogP contribution in [0.15, 0.2) is 27.6 Å². The molecule has 0 aromatic carbocycles. The minimum atomic E-state index is -0.567. The molecule has 4 aliphatic rings. The van der Waals surface area contributed by atoms with Gasteiger partial charge in [-0.1, -0.05) is 26.7 Å². The maximum Gasteiger partial charge on any atom is 0.335 e. The molecular weight excluding hydrogens is 336 g/mol. The molecule has 0 bridgehead atoms. The van der Waals surface area contributed by atoms with Gasteiger partial charge in [-0.15, -0.1) is 0 Å². The molecule has 148 valence electrons. The van der Waals surface area contributed by atoms with Crippen LogP contribution in [0.25, 0.3) is 0 Å². The summed E-state index contributed by atoms with van der Waals surface area (Å²) in [5, 5.41) is 12.2. The fourth-order valence-electron chi connectivity index (χ4n) is 8.36. The third-order valence-electron chi connectivity index (χ3n) is 9.90. The Morgan fingerprint density at radius 3 is 2.59 bits per heavy atom. The predicted molar refractivity (Wildman–Crippen MR) is 106 cm³/mol. The summed E-state index contributed by atoms with van der Waals surface area (Å²) in [4.78, 5) is 11.4. The molecule has 0 spiro atoms. The van der Waals surface area contributed by atoms with Gasteiger partial charge in [0.1, 0.15) is 0 Å². The summed E-state index contributed by atoms with van der Waals surface area (Å²) >= 11 is 0. The van der Waals surface area contributed by atoms with E-state index < -0.39 is 5.60 Å². The SMILES string of the molecule is CC12CCCCC1CCC1C2CCC2(C)C(c3ccc(=O)oc3)CCC12O. The van der Waals surface area contributed by atoms with Crippen molar-refractivity contribution in [3.8, 4) is 0 Å². The van der Waals surface area contributed by atoms with Gasteiger partial charge >= 0.3 is 5.63 Å². The average Bonchev–Trinajstić information content (AvgIpc) is 2.94. The first-order chi connectivity index (χ1) is 12.9. The van der Waals surface area contributed by atoms with Crippen molar-refractivity contribution in [1.29, 1.82) is 0 Å². The number of fused-ring (bicyclic) bond motifs is 5. The molecular formula is C24H34O3. The molecule has 0 aliphatic heterocycles. The Kier molecular flexibility index (Phi) is 3.96. The maximum atomic E-state index is 12.2. The van der Waals surface area contributed by atoms with E-state index >= 15 is 0 Å². The summed E-state index contributed by atoms with van der Waals surface area (Å²) in [6.07, 6.45) is 13.9. The predicted octanol–water partition coefficient (Wildman–Crippen LogP) is 5.27. The quantitative estimate of drug-likeness (QED) is 0.732. The Bertz CT molecular complexity index is 764. The molecule has 4 saturated carbocycles. The summed E-state index contributed by atoms with van der Waals surface area (Å²) in [5.74, 6) is 2.30. The number of hydrogen-bond acceptors (Lipinski definition) is 3. The van der Waals surface area contributed by atoms with Crippen LogP contribution in [0.3, 0.4) is 0 Å². The van der Waals surface area contributed by atoms with Gasteiger partial charge in [0.2, 0.25) is 0 Å². The Hall–Kier alpha value is -1.09. The van der Waals surface area contributed by atoms with Crippen molar-refractivity contribution in [2.45, 2.75) is 89.6 Å². The van der Waals surface area contributed by atoms with Crippen molar-refractivity contribution < 1.29 is 9.52 Å². The molecule has 4 aliphatic carbocycles. The lowest BCUT2D eigenvalue weighted by Crippen LogP contribution is -2.61. The van der Waals surface area contributed by atoms with Crippen molar-refractivity contribution in [1.82, 2.24) is 0 Å². The van der Waals surface area contributed by atoms with Crippen LogP contribution in [0.1, 0.15) is 89.5 Å². The van der Waals surface area contributed by atoms with Crippen LogP contribution in [0.4, 0.5) is 0 Å². The Balaban J connectivity index is 1.50. The molecule has 3 heteroatoms. The molecule has 4 fully saturated rings. The van der Waals surface area contributed by atoms with Gasteiger partial charge < -0.3 is 9.52 Å². The van der Waals surface area contributed by atoms with Gasteiger partial charge in [0.25, 0.3) is 0 Å². The molecule has 5 rings (SSSR count). The van der Waals surface area contributed by atoms with E-state index in [1.165, 1.54) is 51.0 Å². The summed E-state index contributed by atoms with van der Waals surface area (Å²) in [7, 11) is 0. The topological polar surface area (TPSA) is 50.4 Å². The Morgan fingerprint density at radius 2 is 1.81 bits per heavy atom. The number of aliphatic hydroxyl groups is 1. The first-order valence-electron chi connectivity index (χ1n) is 11.2. The minimum Gasteiger partial charge on any atom is -0.431 e. The molecule has 1 heterocycles. The van der Waals surface area contributed by atoms with Crippen molar-refractivity contribution in [2.24, 2.45) is 28.6 Å². The van der Waals surface area contributed by atoms with E-state index in [9.17, 15) is 9.90 Å². The highest BCUT2D eigenvalue weighted by molar-refractivity contribution is 5.26. The molecule has 0 saturated heterocycles. The zero-order valence-corrected chi connectivity index (χ0v) is 16.9. The highest BCUT2D eigenvalue weighted by atomic mass is 16.4. The van der Waals surface area contributed by atoms with Crippen LogP contribution >= 0.6 is 0 Å². The van der Waals surface area contributed by atoms with Crippen LogP contribution in [0.5, 0.6) is 0 Å². The summed E-state index contributed by atoms with van der Waals surface area (Å²) in [6.45, 7) is 4.87. The highest BCUT2D eigenvalue weighted by Crippen LogP contribution is 2.70. The lowest BCUT2D eigenvalue weighted by molar-refractivity contribution is -0.200. The fraction of sp³-hybridized carbons (Fsp3) is 0.792. The van der Waals surface area contributed by atoms with E-state index in [0.717, 1.165) is 30.7 Å². The van der Waals surface area contributed by atoms with E-state index in [1.807, 2.05) is 6.07 Å². The molecule has 0 radical (unpaired) electrons. The molecule has 1 N–H and O–H groups in total. The third-order valence-corrected chi connectivity index (χ3v) is 9.90. The third kappa shape index (κ3) is 2.33. The van der Waals surface area contributed by atoms with E-state index in [4.69, 9.17) is 4.42 Å². The van der Waals surface area contributed by atoms with Gasteiger partial charge in [-0.3, -0.25) is 0 Å². The normalized spacial score (nSPS) is 49.1. The van der Waals surface area contributed by atoms with Gasteiger partial charge in [-0.2, -0.15) is 0 Å². The molecule has 1 aromatic heterocycles. The lowest BCUT2D eigenvalue weighted by atomic mass is 9.43. The average molecular weight is 371 g/mol. The van der Waals surface area contributed by atoms with E-state index in [0.29, 0.717) is 23.2 Å². The zero-order chi connectivity index (χ0) is 18.9. The molecule has 7 unspecified atom stereocenters. The smallest absolute Gasteiger partial charge is 0.335 e. The summed E-state index contributed by atoms with van der Waals surface area (Å²) in [6, 6.07) is 3.47. The lowest BCUT2D eigenvalue weighted by Gasteiger charge is -2.63. The van der Waals surface area contributed by atoms with Crippen LogP contribution in [0.2, 0.25) is 0 Å². The Labute approximate surface area is 162 Å². The number of rotatable bonds is 1. The van der Waals surface area contributed by atoms with Crippen molar-refractivity contribution in [3.63, 3.8) is 0 Å². The van der Waals surface area contributed by atoms with Gasteiger partial charge in [-0.05, 0) is 92.1 Å². The Morgan fingerprint density at radius 1 is 0.963 bits per heavy atom. The van der Waals surface area contributed by atoms with Gasteiger partial charge in [0.05, 0.1) is 11.9 Å². The molecule has 1 aromatic rings. The van der Waals surface area contributed by atoms with Crippen LogP contribution in [-0.4, -0.2) is 10.7 Å². The molecule has 7 atom stereocenters.